The minimum atomic E-state index is -0.565. The van der Waals surface area contributed by atoms with Crippen LogP contribution in [-0.4, -0.2) is 16.3 Å². The third-order valence-corrected chi connectivity index (χ3v) is 3.23. The number of phenolic OH excluding ortho intramolecular Hbond substituents is 1. The van der Waals surface area contributed by atoms with Gasteiger partial charge in [-0.3, -0.25) is 0 Å². The SMILES string of the molecule is Oc1ccc([C@H]2Oc3ccccc3C[C@@H]2O)cc1. The Kier molecular flexibility index (Phi) is 2.68. The van der Waals surface area contributed by atoms with Gasteiger partial charge in [-0.05, 0) is 29.3 Å². The van der Waals surface area contributed by atoms with Crippen LogP contribution in [0, 0.1) is 0 Å². The van der Waals surface area contributed by atoms with Crippen LogP contribution in [0.25, 0.3) is 0 Å². The molecule has 92 valence electrons. The van der Waals surface area contributed by atoms with E-state index in [2.05, 4.69) is 0 Å². The lowest BCUT2D eigenvalue weighted by Gasteiger charge is -2.30. The van der Waals surface area contributed by atoms with E-state index in [-0.39, 0.29) is 11.9 Å². The molecule has 2 aromatic rings. The van der Waals surface area contributed by atoms with Crippen LogP contribution in [0.3, 0.4) is 0 Å². The molecule has 18 heavy (non-hydrogen) atoms. The molecule has 0 aromatic heterocycles. The molecule has 0 fully saturated rings. The summed E-state index contributed by atoms with van der Waals surface area (Å²) in [6.45, 7) is 0. The van der Waals surface area contributed by atoms with Crippen molar-refractivity contribution >= 4 is 0 Å². The summed E-state index contributed by atoms with van der Waals surface area (Å²) in [5.74, 6) is 1.03. The van der Waals surface area contributed by atoms with Crippen LogP contribution in [0.2, 0.25) is 0 Å². The molecule has 3 rings (SSSR count). The van der Waals surface area contributed by atoms with Gasteiger partial charge in [-0.25, -0.2) is 0 Å². The Morgan fingerprint density at radius 2 is 1.72 bits per heavy atom. The molecule has 0 saturated heterocycles. The van der Waals surface area contributed by atoms with Gasteiger partial charge in [0.15, 0.2) is 0 Å². The molecule has 2 N–H and O–H groups in total. The highest BCUT2D eigenvalue weighted by Crippen LogP contribution is 2.35. The van der Waals surface area contributed by atoms with Crippen LogP contribution in [0.4, 0.5) is 0 Å². The fourth-order valence-corrected chi connectivity index (χ4v) is 2.29. The number of hydrogen-bond acceptors (Lipinski definition) is 3. The molecule has 2 atom stereocenters. The van der Waals surface area contributed by atoms with Gasteiger partial charge in [0.2, 0.25) is 0 Å². The predicted octanol–water partition coefficient (Wildman–Crippen LogP) is 2.43. The van der Waals surface area contributed by atoms with Crippen LogP contribution >= 0.6 is 0 Å². The smallest absolute Gasteiger partial charge is 0.150 e. The highest BCUT2D eigenvalue weighted by atomic mass is 16.5. The van der Waals surface area contributed by atoms with Crippen molar-refractivity contribution in [2.24, 2.45) is 0 Å². The largest absolute Gasteiger partial charge is 0.508 e. The minimum absolute atomic E-state index is 0.212. The second kappa shape index (κ2) is 4.35. The Morgan fingerprint density at radius 1 is 1.00 bits per heavy atom. The van der Waals surface area contributed by atoms with Crippen LogP contribution in [0.5, 0.6) is 11.5 Å². The van der Waals surface area contributed by atoms with Gasteiger partial charge in [0.05, 0.1) is 6.10 Å². The van der Waals surface area contributed by atoms with E-state index in [1.54, 1.807) is 24.3 Å². The van der Waals surface area contributed by atoms with Crippen molar-refractivity contribution in [1.82, 2.24) is 0 Å². The van der Waals surface area contributed by atoms with E-state index in [1.165, 1.54) is 0 Å². The van der Waals surface area contributed by atoms with E-state index < -0.39 is 6.10 Å². The second-order valence-corrected chi connectivity index (χ2v) is 4.51. The molecule has 0 amide bonds. The van der Waals surface area contributed by atoms with Crippen molar-refractivity contribution < 1.29 is 14.9 Å². The average Bonchev–Trinajstić information content (AvgIpc) is 2.39. The molecule has 3 nitrogen and oxygen atoms in total. The zero-order chi connectivity index (χ0) is 12.5. The van der Waals surface area contributed by atoms with Crippen molar-refractivity contribution in [3.8, 4) is 11.5 Å². The fourth-order valence-electron chi connectivity index (χ4n) is 2.29. The highest BCUT2D eigenvalue weighted by Gasteiger charge is 2.29. The molecule has 0 saturated carbocycles. The summed E-state index contributed by atoms with van der Waals surface area (Å²) in [5.41, 5.74) is 1.90. The van der Waals surface area contributed by atoms with Crippen molar-refractivity contribution in [1.29, 1.82) is 0 Å². The first-order valence-corrected chi connectivity index (χ1v) is 5.95. The lowest BCUT2D eigenvalue weighted by molar-refractivity contribution is 0.0208. The summed E-state index contributed by atoms with van der Waals surface area (Å²) < 4.78 is 5.84. The molecule has 0 unspecified atom stereocenters. The van der Waals surface area contributed by atoms with Crippen molar-refractivity contribution in [2.45, 2.75) is 18.6 Å². The zero-order valence-electron chi connectivity index (χ0n) is 9.78. The van der Waals surface area contributed by atoms with Gasteiger partial charge >= 0.3 is 0 Å². The van der Waals surface area contributed by atoms with E-state index >= 15 is 0 Å². The molecular weight excluding hydrogens is 228 g/mol. The van der Waals surface area contributed by atoms with Gasteiger partial charge in [-0.2, -0.15) is 0 Å². The maximum atomic E-state index is 10.2. The lowest BCUT2D eigenvalue weighted by atomic mass is 9.95. The second-order valence-electron chi connectivity index (χ2n) is 4.51. The number of aromatic hydroxyl groups is 1. The Balaban J connectivity index is 1.93. The van der Waals surface area contributed by atoms with Gasteiger partial charge < -0.3 is 14.9 Å². The maximum absolute atomic E-state index is 10.2. The average molecular weight is 242 g/mol. The predicted molar refractivity (Wildman–Crippen MR) is 67.6 cm³/mol. The number of rotatable bonds is 1. The minimum Gasteiger partial charge on any atom is -0.508 e. The van der Waals surface area contributed by atoms with Crippen molar-refractivity contribution in [3.63, 3.8) is 0 Å². The van der Waals surface area contributed by atoms with Crippen molar-refractivity contribution in [3.05, 3.63) is 59.7 Å². The standard InChI is InChI=1S/C15H14O3/c16-12-7-5-10(6-8-12)15-13(17)9-11-3-1-2-4-14(11)18-15/h1-8,13,15-17H,9H2/t13-,15+/m0/s1. The summed E-state index contributed by atoms with van der Waals surface area (Å²) in [5, 5.41) is 19.4. The van der Waals surface area contributed by atoms with Gasteiger partial charge in [0.1, 0.15) is 17.6 Å². The summed E-state index contributed by atoms with van der Waals surface area (Å²) in [4.78, 5) is 0. The molecule has 0 bridgehead atoms. The van der Waals surface area contributed by atoms with Crippen LogP contribution < -0.4 is 4.74 Å². The number of benzene rings is 2. The van der Waals surface area contributed by atoms with E-state index in [1.807, 2.05) is 24.3 Å². The van der Waals surface area contributed by atoms with Gasteiger partial charge in [0, 0.05) is 6.42 Å². The summed E-state index contributed by atoms with van der Waals surface area (Å²) in [6, 6.07) is 14.5. The Morgan fingerprint density at radius 3 is 2.50 bits per heavy atom. The normalized spacial score (nSPS) is 22.1. The fraction of sp³-hybridized carbons (Fsp3) is 0.200. The third kappa shape index (κ3) is 1.93. The highest BCUT2D eigenvalue weighted by molar-refractivity contribution is 5.38. The number of ether oxygens (including phenoxy) is 1. The Labute approximate surface area is 105 Å². The number of aliphatic hydroxyl groups is 1. The number of aliphatic hydroxyl groups excluding tert-OH is 1. The topological polar surface area (TPSA) is 49.7 Å². The molecule has 1 heterocycles. The summed E-state index contributed by atoms with van der Waals surface area (Å²) in [7, 11) is 0. The quantitative estimate of drug-likeness (QED) is 0.807. The van der Waals surface area contributed by atoms with Gasteiger partial charge in [0.25, 0.3) is 0 Å². The third-order valence-electron chi connectivity index (χ3n) is 3.23. The first kappa shape index (κ1) is 11.1. The maximum Gasteiger partial charge on any atom is 0.150 e. The first-order valence-electron chi connectivity index (χ1n) is 5.95. The summed E-state index contributed by atoms with van der Waals surface area (Å²) >= 11 is 0. The molecular formula is C15H14O3. The molecule has 3 heteroatoms. The van der Waals surface area contributed by atoms with E-state index in [0.29, 0.717) is 6.42 Å². The Bertz CT molecular complexity index is 548. The number of hydrogen-bond donors (Lipinski definition) is 2. The van der Waals surface area contributed by atoms with E-state index in [9.17, 15) is 10.2 Å². The van der Waals surface area contributed by atoms with E-state index in [0.717, 1.165) is 16.9 Å². The Hall–Kier alpha value is -2.00. The molecule has 0 spiro atoms. The van der Waals surface area contributed by atoms with Gasteiger partial charge in [-0.15, -0.1) is 0 Å². The molecule has 2 aromatic carbocycles. The number of para-hydroxylation sites is 1. The first-order chi connectivity index (χ1) is 8.74. The molecule has 1 aliphatic rings. The molecule has 0 aliphatic carbocycles. The molecule has 1 aliphatic heterocycles. The molecule has 0 radical (unpaired) electrons. The lowest BCUT2D eigenvalue weighted by Crippen LogP contribution is -2.30. The van der Waals surface area contributed by atoms with Crippen LogP contribution in [0.15, 0.2) is 48.5 Å². The van der Waals surface area contributed by atoms with Crippen LogP contribution in [-0.2, 0) is 6.42 Å². The number of fused-ring (bicyclic) bond motifs is 1. The monoisotopic (exact) mass is 242 g/mol. The van der Waals surface area contributed by atoms with Crippen LogP contribution in [0.1, 0.15) is 17.2 Å². The number of phenols is 1. The van der Waals surface area contributed by atoms with Crippen molar-refractivity contribution in [2.75, 3.05) is 0 Å². The zero-order valence-corrected chi connectivity index (χ0v) is 9.78. The van der Waals surface area contributed by atoms with Gasteiger partial charge in [-0.1, -0.05) is 30.3 Å². The van der Waals surface area contributed by atoms with E-state index in [4.69, 9.17) is 4.74 Å². The summed E-state index contributed by atoms with van der Waals surface area (Å²) in [6.07, 6.45) is -0.355.